The monoisotopic (exact) mass is 251 g/mol. The van der Waals surface area contributed by atoms with Gasteiger partial charge in [-0.15, -0.1) is 0 Å². The van der Waals surface area contributed by atoms with Crippen molar-refractivity contribution in [3.63, 3.8) is 0 Å². The Bertz CT molecular complexity index is 368. The number of nitrogens with one attached hydrogen (secondary N) is 1. The zero-order chi connectivity index (χ0) is 12.6. The second-order valence-electron chi connectivity index (χ2n) is 4.30. The van der Waals surface area contributed by atoms with Crippen molar-refractivity contribution in [3.8, 4) is 5.75 Å². The second-order valence-corrected chi connectivity index (χ2v) is 4.30. The van der Waals surface area contributed by atoms with Gasteiger partial charge in [0.25, 0.3) is 0 Å². The third kappa shape index (κ3) is 3.89. The Morgan fingerprint density at radius 2 is 2.06 bits per heavy atom. The number of anilines is 1. The minimum Gasteiger partial charge on any atom is -0.491 e. The molecule has 1 heterocycles. The first-order valence-corrected chi connectivity index (χ1v) is 6.46. The summed E-state index contributed by atoms with van der Waals surface area (Å²) in [5.41, 5.74) is 2.59. The summed E-state index contributed by atoms with van der Waals surface area (Å²) in [6.45, 7) is 3.46. The van der Waals surface area contributed by atoms with Gasteiger partial charge in [0.15, 0.2) is 0 Å². The van der Waals surface area contributed by atoms with Crippen LogP contribution in [0.15, 0.2) is 18.2 Å². The van der Waals surface area contributed by atoms with Crippen molar-refractivity contribution >= 4 is 5.69 Å². The summed E-state index contributed by atoms with van der Waals surface area (Å²) >= 11 is 0. The molecule has 0 bridgehead atoms. The third-order valence-electron chi connectivity index (χ3n) is 2.95. The summed E-state index contributed by atoms with van der Waals surface area (Å²) in [6, 6.07) is 6.24. The highest BCUT2D eigenvalue weighted by Gasteiger charge is 2.08. The maximum atomic E-state index is 5.65. The van der Waals surface area contributed by atoms with Crippen LogP contribution >= 0.6 is 0 Å². The molecule has 0 fully saturated rings. The van der Waals surface area contributed by atoms with Crippen LogP contribution in [0.25, 0.3) is 0 Å². The van der Waals surface area contributed by atoms with Crippen LogP contribution < -0.4 is 10.1 Å². The molecule has 1 N–H and O–H groups in total. The van der Waals surface area contributed by atoms with Gasteiger partial charge in [-0.3, -0.25) is 0 Å². The summed E-state index contributed by atoms with van der Waals surface area (Å²) in [7, 11) is 1.67. The fraction of sp³-hybridized carbons (Fsp3) is 0.571. The number of hydrogen-bond acceptors (Lipinski definition) is 4. The Morgan fingerprint density at radius 3 is 2.94 bits per heavy atom. The first kappa shape index (κ1) is 13.2. The van der Waals surface area contributed by atoms with Gasteiger partial charge in [-0.2, -0.15) is 0 Å². The Balaban J connectivity index is 1.72. The SMILES string of the molecule is COCCOCCOc1ccc2c(c1)NCCC2. The lowest BCUT2D eigenvalue weighted by atomic mass is 10.0. The molecule has 0 aliphatic carbocycles. The molecule has 4 heteroatoms. The van der Waals surface area contributed by atoms with Crippen molar-refractivity contribution in [3.05, 3.63) is 23.8 Å². The summed E-state index contributed by atoms with van der Waals surface area (Å²) in [6.07, 6.45) is 2.36. The minimum absolute atomic E-state index is 0.572. The quantitative estimate of drug-likeness (QED) is 0.753. The average Bonchev–Trinajstić information content (AvgIpc) is 2.42. The Morgan fingerprint density at radius 1 is 1.17 bits per heavy atom. The van der Waals surface area contributed by atoms with Crippen LogP contribution in [0.5, 0.6) is 5.75 Å². The molecule has 0 atom stereocenters. The van der Waals surface area contributed by atoms with E-state index in [9.17, 15) is 0 Å². The first-order valence-electron chi connectivity index (χ1n) is 6.46. The van der Waals surface area contributed by atoms with Gasteiger partial charge in [0.2, 0.25) is 0 Å². The van der Waals surface area contributed by atoms with Crippen LogP contribution in [0, 0.1) is 0 Å². The Labute approximate surface area is 108 Å². The molecule has 18 heavy (non-hydrogen) atoms. The van der Waals surface area contributed by atoms with Crippen molar-refractivity contribution in [2.24, 2.45) is 0 Å². The van der Waals surface area contributed by atoms with E-state index >= 15 is 0 Å². The van der Waals surface area contributed by atoms with Crippen LogP contribution in [0.1, 0.15) is 12.0 Å². The second kappa shape index (κ2) is 7.24. The van der Waals surface area contributed by atoms with E-state index in [0.717, 1.165) is 18.7 Å². The van der Waals surface area contributed by atoms with Crippen molar-refractivity contribution in [1.29, 1.82) is 0 Å². The van der Waals surface area contributed by atoms with Crippen LogP contribution in [-0.2, 0) is 15.9 Å². The van der Waals surface area contributed by atoms with Gasteiger partial charge >= 0.3 is 0 Å². The molecule has 0 aromatic heterocycles. The van der Waals surface area contributed by atoms with E-state index < -0.39 is 0 Å². The third-order valence-corrected chi connectivity index (χ3v) is 2.95. The number of ether oxygens (including phenoxy) is 3. The highest BCUT2D eigenvalue weighted by atomic mass is 16.5. The van der Waals surface area contributed by atoms with Gasteiger partial charge in [0.05, 0.1) is 19.8 Å². The maximum Gasteiger partial charge on any atom is 0.121 e. The molecule has 0 unspecified atom stereocenters. The molecule has 2 rings (SSSR count). The Hall–Kier alpha value is -1.26. The molecule has 1 aliphatic rings. The largest absolute Gasteiger partial charge is 0.491 e. The summed E-state index contributed by atoms with van der Waals surface area (Å²) < 4.78 is 15.9. The summed E-state index contributed by atoms with van der Waals surface area (Å²) in [5.74, 6) is 0.901. The lowest BCUT2D eigenvalue weighted by Crippen LogP contribution is -2.13. The normalized spacial score (nSPS) is 13.8. The molecule has 4 nitrogen and oxygen atoms in total. The molecular weight excluding hydrogens is 230 g/mol. The first-order chi connectivity index (χ1) is 8.90. The van der Waals surface area contributed by atoms with E-state index in [1.807, 2.05) is 6.07 Å². The molecule has 1 aromatic rings. The predicted molar refractivity (Wildman–Crippen MR) is 71.4 cm³/mol. The van der Waals surface area contributed by atoms with Crippen LogP contribution in [-0.4, -0.2) is 40.1 Å². The summed E-state index contributed by atoms with van der Waals surface area (Å²) in [5, 5.41) is 3.39. The van der Waals surface area contributed by atoms with Crippen LogP contribution in [0.3, 0.4) is 0 Å². The van der Waals surface area contributed by atoms with Gasteiger partial charge in [-0.1, -0.05) is 6.07 Å². The van der Waals surface area contributed by atoms with Gasteiger partial charge in [0.1, 0.15) is 12.4 Å². The number of rotatable bonds is 7. The van der Waals surface area contributed by atoms with E-state index in [2.05, 4.69) is 17.4 Å². The number of aryl methyl sites for hydroxylation is 1. The number of hydrogen-bond donors (Lipinski definition) is 1. The van der Waals surface area contributed by atoms with Crippen molar-refractivity contribution in [1.82, 2.24) is 0 Å². The maximum absolute atomic E-state index is 5.65. The van der Waals surface area contributed by atoms with Crippen molar-refractivity contribution < 1.29 is 14.2 Å². The molecule has 0 saturated heterocycles. The molecule has 100 valence electrons. The van der Waals surface area contributed by atoms with Crippen LogP contribution in [0.4, 0.5) is 5.69 Å². The minimum atomic E-state index is 0.572. The predicted octanol–water partition coefficient (Wildman–Crippen LogP) is 2.09. The number of fused-ring (bicyclic) bond motifs is 1. The summed E-state index contributed by atoms with van der Waals surface area (Å²) in [4.78, 5) is 0. The smallest absolute Gasteiger partial charge is 0.121 e. The van der Waals surface area contributed by atoms with Gasteiger partial charge in [0, 0.05) is 25.4 Å². The molecule has 1 aliphatic heterocycles. The van der Waals surface area contributed by atoms with E-state index in [0.29, 0.717) is 26.4 Å². The molecule has 0 saturated carbocycles. The van der Waals surface area contributed by atoms with Gasteiger partial charge < -0.3 is 19.5 Å². The molecule has 1 aromatic carbocycles. The molecule has 0 radical (unpaired) electrons. The van der Waals surface area contributed by atoms with Crippen molar-refractivity contribution in [2.45, 2.75) is 12.8 Å². The lowest BCUT2D eigenvalue weighted by molar-refractivity contribution is 0.0544. The number of benzene rings is 1. The van der Waals surface area contributed by atoms with E-state index in [1.54, 1.807) is 7.11 Å². The number of methoxy groups -OCH3 is 1. The van der Waals surface area contributed by atoms with Gasteiger partial charge in [-0.25, -0.2) is 0 Å². The van der Waals surface area contributed by atoms with E-state index in [4.69, 9.17) is 14.2 Å². The topological polar surface area (TPSA) is 39.7 Å². The zero-order valence-corrected chi connectivity index (χ0v) is 10.9. The Kier molecular flexibility index (Phi) is 5.30. The standard InChI is InChI=1S/C14H21NO3/c1-16-7-8-17-9-10-18-13-5-4-12-3-2-6-15-14(12)11-13/h4-5,11,15H,2-3,6-10H2,1H3. The molecule has 0 spiro atoms. The fourth-order valence-electron chi connectivity index (χ4n) is 1.99. The lowest BCUT2D eigenvalue weighted by Gasteiger charge is -2.18. The van der Waals surface area contributed by atoms with E-state index in [1.165, 1.54) is 17.7 Å². The zero-order valence-electron chi connectivity index (χ0n) is 10.9. The van der Waals surface area contributed by atoms with Crippen molar-refractivity contribution in [2.75, 3.05) is 45.4 Å². The molecular formula is C14H21NO3. The van der Waals surface area contributed by atoms with E-state index in [-0.39, 0.29) is 0 Å². The average molecular weight is 251 g/mol. The van der Waals surface area contributed by atoms with Crippen LogP contribution in [0.2, 0.25) is 0 Å². The molecule has 0 amide bonds. The highest BCUT2D eigenvalue weighted by molar-refractivity contribution is 5.56. The van der Waals surface area contributed by atoms with Gasteiger partial charge in [-0.05, 0) is 24.5 Å². The highest BCUT2D eigenvalue weighted by Crippen LogP contribution is 2.26. The fourth-order valence-corrected chi connectivity index (χ4v) is 1.99.